The molecule has 1 aliphatic heterocycles. The van der Waals surface area contributed by atoms with E-state index in [-0.39, 0.29) is 17.6 Å². The normalized spacial score (nSPS) is 17.7. The Labute approximate surface area is 106 Å². The van der Waals surface area contributed by atoms with Gasteiger partial charge in [0.1, 0.15) is 17.6 Å². The van der Waals surface area contributed by atoms with E-state index >= 15 is 0 Å². The zero-order chi connectivity index (χ0) is 13.1. The van der Waals surface area contributed by atoms with E-state index < -0.39 is 0 Å². The third-order valence-corrected chi connectivity index (χ3v) is 3.07. The van der Waals surface area contributed by atoms with Gasteiger partial charge in [-0.05, 0) is 6.07 Å². The summed E-state index contributed by atoms with van der Waals surface area (Å²) in [6.45, 7) is 1.81. The van der Waals surface area contributed by atoms with Crippen LogP contribution in [0.25, 0.3) is 0 Å². The van der Waals surface area contributed by atoms with Gasteiger partial charge in [-0.25, -0.2) is 0 Å². The molecule has 1 aromatic carbocycles. The summed E-state index contributed by atoms with van der Waals surface area (Å²) in [4.78, 5) is 11.6. The smallest absolute Gasteiger partial charge is 0.205 e. The molecule has 0 saturated carbocycles. The summed E-state index contributed by atoms with van der Waals surface area (Å²) >= 11 is 0. The van der Waals surface area contributed by atoms with Crippen LogP contribution in [0.15, 0.2) is 35.7 Å². The lowest BCUT2D eigenvalue weighted by atomic mass is 9.85. The van der Waals surface area contributed by atoms with Crippen LogP contribution in [0.5, 0.6) is 5.75 Å². The molecule has 92 valence electrons. The number of nitrogens with two attached hydrogens (primary N) is 1. The van der Waals surface area contributed by atoms with Gasteiger partial charge in [0.15, 0.2) is 0 Å². The third-order valence-electron chi connectivity index (χ3n) is 3.07. The van der Waals surface area contributed by atoms with E-state index in [4.69, 9.17) is 15.7 Å². The number of hydrogen-bond acceptors (Lipinski definition) is 4. The van der Waals surface area contributed by atoms with Crippen LogP contribution in [0.3, 0.4) is 0 Å². The number of carbonyl (C=O) groups excluding carboxylic acids is 1. The number of ether oxygens (including phenoxy) is 1. The first-order chi connectivity index (χ1) is 8.67. The van der Waals surface area contributed by atoms with Crippen molar-refractivity contribution in [2.75, 3.05) is 0 Å². The maximum atomic E-state index is 11.6. The molecular formula is C14H14N2O2. The van der Waals surface area contributed by atoms with Gasteiger partial charge in [0.2, 0.25) is 5.88 Å². The highest BCUT2D eigenvalue weighted by Gasteiger charge is 2.29. The molecule has 1 unspecified atom stereocenters. The van der Waals surface area contributed by atoms with E-state index in [1.165, 1.54) is 0 Å². The fourth-order valence-electron chi connectivity index (χ4n) is 2.08. The van der Waals surface area contributed by atoms with Gasteiger partial charge in [-0.1, -0.05) is 25.1 Å². The van der Waals surface area contributed by atoms with Gasteiger partial charge >= 0.3 is 0 Å². The van der Waals surface area contributed by atoms with Gasteiger partial charge in [-0.2, -0.15) is 5.26 Å². The monoisotopic (exact) mass is 242 g/mol. The minimum Gasteiger partial charge on any atom is -0.440 e. The fraction of sp³-hybridized carbons (Fsp3) is 0.286. The highest BCUT2D eigenvalue weighted by Crippen LogP contribution is 2.39. The highest BCUT2D eigenvalue weighted by atomic mass is 16.5. The van der Waals surface area contributed by atoms with Gasteiger partial charge in [-0.15, -0.1) is 0 Å². The molecule has 0 aliphatic carbocycles. The molecule has 0 spiro atoms. The molecule has 0 saturated heterocycles. The minimum absolute atomic E-state index is 0.102. The number of carbonyl (C=O) groups is 1. The van der Waals surface area contributed by atoms with E-state index in [1.54, 1.807) is 6.07 Å². The summed E-state index contributed by atoms with van der Waals surface area (Å²) in [5.41, 5.74) is 6.93. The molecule has 1 atom stereocenters. The lowest BCUT2D eigenvalue weighted by Crippen LogP contribution is -2.21. The molecule has 1 aromatic rings. The Kier molecular flexibility index (Phi) is 3.33. The summed E-state index contributed by atoms with van der Waals surface area (Å²) < 4.78 is 5.40. The fourth-order valence-corrected chi connectivity index (χ4v) is 2.08. The van der Waals surface area contributed by atoms with E-state index in [1.807, 2.05) is 25.1 Å². The molecule has 0 bridgehead atoms. The Morgan fingerprint density at radius 2 is 2.22 bits per heavy atom. The van der Waals surface area contributed by atoms with E-state index in [0.717, 1.165) is 5.56 Å². The largest absolute Gasteiger partial charge is 0.440 e. The zero-order valence-corrected chi connectivity index (χ0v) is 10.1. The lowest BCUT2D eigenvalue weighted by Gasteiger charge is -2.25. The highest BCUT2D eigenvalue weighted by molar-refractivity contribution is 5.80. The molecular weight excluding hydrogens is 228 g/mol. The molecule has 2 rings (SSSR count). The van der Waals surface area contributed by atoms with Gasteiger partial charge in [0, 0.05) is 24.3 Å². The number of benzene rings is 1. The zero-order valence-electron chi connectivity index (χ0n) is 10.1. The molecule has 0 fully saturated rings. The standard InChI is InChI=1S/C14H14N2O2/c1-2-9(17)7-11-10-5-3-4-6-13(10)18-14(16)12(11)8-15/h3-6,11H,2,7,16H2,1H3. The number of para-hydroxylation sites is 1. The van der Waals surface area contributed by atoms with Crippen molar-refractivity contribution in [3.05, 3.63) is 41.3 Å². The number of nitriles is 1. The maximum absolute atomic E-state index is 11.6. The first-order valence-corrected chi connectivity index (χ1v) is 5.85. The topological polar surface area (TPSA) is 76.1 Å². The third kappa shape index (κ3) is 2.07. The summed E-state index contributed by atoms with van der Waals surface area (Å²) in [5, 5.41) is 9.16. The first-order valence-electron chi connectivity index (χ1n) is 5.85. The molecule has 0 aromatic heterocycles. The second-order valence-corrected chi connectivity index (χ2v) is 4.18. The first kappa shape index (κ1) is 12.2. The van der Waals surface area contributed by atoms with Crippen LogP contribution in [0.2, 0.25) is 0 Å². The van der Waals surface area contributed by atoms with E-state index in [9.17, 15) is 4.79 Å². The number of rotatable bonds is 3. The average molecular weight is 242 g/mol. The Bertz CT molecular complexity index is 555. The van der Waals surface area contributed by atoms with Crippen molar-refractivity contribution in [2.45, 2.75) is 25.7 Å². The number of ketones is 1. The van der Waals surface area contributed by atoms with Crippen LogP contribution >= 0.6 is 0 Å². The predicted molar refractivity (Wildman–Crippen MR) is 66.6 cm³/mol. The Hall–Kier alpha value is -2.28. The molecule has 1 aliphatic rings. The quantitative estimate of drug-likeness (QED) is 0.881. The Morgan fingerprint density at radius 1 is 1.50 bits per heavy atom. The van der Waals surface area contributed by atoms with E-state index in [0.29, 0.717) is 24.2 Å². The van der Waals surface area contributed by atoms with Gasteiger partial charge in [0.25, 0.3) is 0 Å². The molecule has 0 radical (unpaired) electrons. The summed E-state index contributed by atoms with van der Waals surface area (Å²) in [6.07, 6.45) is 0.749. The second kappa shape index (κ2) is 4.92. The Balaban J connectivity index is 2.45. The molecule has 4 nitrogen and oxygen atoms in total. The van der Waals surface area contributed by atoms with Gasteiger partial charge in [0.05, 0.1) is 5.57 Å². The summed E-state index contributed by atoms with van der Waals surface area (Å²) in [7, 11) is 0. The van der Waals surface area contributed by atoms with Crippen molar-refractivity contribution in [3.8, 4) is 11.8 Å². The van der Waals surface area contributed by atoms with Gasteiger partial charge < -0.3 is 10.5 Å². The van der Waals surface area contributed by atoms with E-state index in [2.05, 4.69) is 6.07 Å². The van der Waals surface area contributed by atoms with Crippen LogP contribution in [-0.2, 0) is 4.79 Å². The molecule has 2 N–H and O–H groups in total. The number of allylic oxidation sites excluding steroid dienone is 1. The number of hydrogen-bond donors (Lipinski definition) is 1. The van der Waals surface area contributed by atoms with Crippen LogP contribution < -0.4 is 10.5 Å². The summed E-state index contributed by atoms with van der Waals surface area (Å²) in [5.74, 6) is 0.553. The molecule has 1 heterocycles. The minimum atomic E-state index is -0.285. The van der Waals surface area contributed by atoms with Crippen LogP contribution in [-0.4, -0.2) is 5.78 Å². The van der Waals surface area contributed by atoms with Crippen molar-refractivity contribution in [2.24, 2.45) is 5.73 Å². The van der Waals surface area contributed by atoms with Crippen molar-refractivity contribution < 1.29 is 9.53 Å². The van der Waals surface area contributed by atoms with Crippen molar-refractivity contribution in [3.63, 3.8) is 0 Å². The summed E-state index contributed by atoms with van der Waals surface area (Å²) in [6, 6.07) is 9.41. The lowest BCUT2D eigenvalue weighted by molar-refractivity contribution is -0.119. The maximum Gasteiger partial charge on any atom is 0.205 e. The number of Topliss-reactive ketones (excluding diaryl/α,β-unsaturated/α-hetero) is 1. The van der Waals surface area contributed by atoms with Crippen LogP contribution in [0.4, 0.5) is 0 Å². The van der Waals surface area contributed by atoms with Crippen LogP contribution in [0, 0.1) is 11.3 Å². The number of nitrogens with zero attached hydrogens (tertiary/aromatic N) is 1. The average Bonchev–Trinajstić information content (AvgIpc) is 2.38. The van der Waals surface area contributed by atoms with Crippen LogP contribution in [0.1, 0.15) is 31.2 Å². The molecule has 0 amide bonds. The SMILES string of the molecule is CCC(=O)CC1C(C#N)=C(N)Oc2ccccc21. The second-order valence-electron chi connectivity index (χ2n) is 4.18. The van der Waals surface area contributed by atoms with Crippen molar-refractivity contribution >= 4 is 5.78 Å². The number of fused-ring (bicyclic) bond motifs is 1. The Morgan fingerprint density at radius 3 is 2.89 bits per heavy atom. The van der Waals surface area contributed by atoms with Crippen molar-refractivity contribution in [1.29, 1.82) is 5.26 Å². The van der Waals surface area contributed by atoms with Gasteiger partial charge in [-0.3, -0.25) is 4.79 Å². The molecule has 18 heavy (non-hydrogen) atoms. The molecule has 4 heteroatoms. The van der Waals surface area contributed by atoms with Crippen molar-refractivity contribution in [1.82, 2.24) is 0 Å². The predicted octanol–water partition coefficient (Wildman–Crippen LogP) is 2.23.